The topological polar surface area (TPSA) is 78.7 Å². The highest BCUT2D eigenvalue weighted by molar-refractivity contribution is 5.79. The van der Waals surface area contributed by atoms with E-state index in [0.29, 0.717) is 12.6 Å². The third kappa shape index (κ3) is 5.43. The second kappa shape index (κ2) is 9.18. The van der Waals surface area contributed by atoms with Gasteiger partial charge in [0.15, 0.2) is 0 Å². The van der Waals surface area contributed by atoms with Gasteiger partial charge in [-0.2, -0.15) is 0 Å². The maximum atomic E-state index is 12.7. The average Bonchev–Trinajstić information content (AvgIpc) is 2.61. The number of carbonyl (C=O) groups excluding carboxylic acids is 2. The van der Waals surface area contributed by atoms with Gasteiger partial charge in [0.1, 0.15) is 0 Å². The van der Waals surface area contributed by atoms with E-state index < -0.39 is 0 Å². The minimum atomic E-state index is 0.113. The summed E-state index contributed by atoms with van der Waals surface area (Å²) in [5, 5.41) is 3.21. The summed E-state index contributed by atoms with van der Waals surface area (Å²) in [7, 11) is 0. The SMILES string of the molecule is CC1CCCC(NC(=O)CN2CCN(C(=O)C3CCCC(N)C3)CC2)C1. The molecule has 148 valence electrons. The highest BCUT2D eigenvalue weighted by Crippen LogP contribution is 2.25. The number of nitrogens with zero attached hydrogens (tertiary/aromatic N) is 2. The Morgan fingerprint density at radius 3 is 2.42 bits per heavy atom. The Bertz CT molecular complexity index is 490. The Balaban J connectivity index is 1.38. The van der Waals surface area contributed by atoms with E-state index in [9.17, 15) is 9.59 Å². The van der Waals surface area contributed by atoms with Crippen LogP contribution in [0, 0.1) is 11.8 Å². The molecule has 0 radical (unpaired) electrons. The first-order chi connectivity index (χ1) is 12.5. The molecule has 0 aromatic rings. The first kappa shape index (κ1) is 19.6. The lowest BCUT2D eigenvalue weighted by Crippen LogP contribution is -2.53. The Morgan fingerprint density at radius 1 is 1.00 bits per heavy atom. The number of piperazine rings is 1. The molecule has 0 aromatic carbocycles. The highest BCUT2D eigenvalue weighted by Gasteiger charge is 2.31. The van der Waals surface area contributed by atoms with Crippen molar-refractivity contribution in [3.63, 3.8) is 0 Å². The van der Waals surface area contributed by atoms with Gasteiger partial charge in [-0.25, -0.2) is 0 Å². The summed E-state index contributed by atoms with van der Waals surface area (Å²) in [5.74, 6) is 1.25. The van der Waals surface area contributed by atoms with Crippen LogP contribution in [0.5, 0.6) is 0 Å². The summed E-state index contributed by atoms with van der Waals surface area (Å²) in [6, 6.07) is 0.537. The van der Waals surface area contributed by atoms with Crippen LogP contribution >= 0.6 is 0 Å². The maximum absolute atomic E-state index is 12.7. The molecule has 3 rings (SSSR count). The number of carbonyl (C=O) groups is 2. The van der Waals surface area contributed by atoms with Gasteiger partial charge in [-0.3, -0.25) is 14.5 Å². The molecule has 26 heavy (non-hydrogen) atoms. The Morgan fingerprint density at radius 2 is 1.73 bits per heavy atom. The van der Waals surface area contributed by atoms with Gasteiger partial charge < -0.3 is 16.0 Å². The van der Waals surface area contributed by atoms with Crippen LogP contribution in [0.2, 0.25) is 0 Å². The molecule has 3 fully saturated rings. The Hall–Kier alpha value is -1.14. The lowest BCUT2D eigenvalue weighted by molar-refractivity contribution is -0.138. The van der Waals surface area contributed by atoms with Gasteiger partial charge in [0.05, 0.1) is 6.54 Å². The number of hydrogen-bond donors (Lipinski definition) is 2. The van der Waals surface area contributed by atoms with Gasteiger partial charge >= 0.3 is 0 Å². The van der Waals surface area contributed by atoms with Crippen molar-refractivity contribution in [2.75, 3.05) is 32.7 Å². The third-order valence-electron chi connectivity index (χ3n) is 6.42. The quantitative estimate of drug-likeness (QED) is 0.789. The predicted octanol–water partition coefficient (Wildman–Crippen LogP) is 1.34. The van der Waals surface area contributed by atoms with Crippen LogP contribution in [0.25, 0.3) is 0 Å². The standard InChI is InChI=1S/C20H36N4O2/c1-15-4-2-7-18(12-15)22-19(25)14-23-8-10-24(11-9-23)20(26)16-5-3-6-17(21)13-16/h15-18H,2-14,21H2,1H3,(H,22,25). The van der Waals surface area contributed by atoms with Crippen molar-refractivity contribution in [1.82, 2.24) is 15.1 Å². The smallest absolute Gasteiger partial charge is 0.234 e. The summed E-state index contributed by atoms with van der Waals surface area (Å²) in [5.41, 5.74) is 6.03. The van der Waals surface area contributed by atoms with Gasteiger partial charge in [0.25, 0.3) is 0 Å². The fourth-order valence-corrected chi connectivity index (χ4v) is 4.88. The van der Waals surface area contributed by atoms with Gasteiger partial charge in [-0.1, -0.05) is 26.2 Å². The van der Waals surface area contributed by atoms with Crippen molar-refractivity contribution in [2.24, 2.45) is 17.6 Å². The molecule has 3 N–H and O–H groups in total. The van der Waals surface area contributed by atoms with E-state index >= 15 is 0 Å². The molecule has 1 aliphatic heterocycles. The molecular formula is C20H36N4O2. The summed E-state index contributed by atoms with van der Waals surface area (Å²) in [6.45, 7) is 5.78. The minimum absolute atomic E-state index is 0.113. The van der Waals surface area contributed by atoms with E-state index in [0.717, 1.165) is 70.6 Å². The third-order valence-corrected chi connectivity index (χ3v) is 6.42. The first-order valence-corrected chi connectivity index (χ1v) is 10.6. The highest BCUT2D eigenvalue weighted by atomic mass is 16.2. The zero-order valence-corrected chi connectivity index (χ0v) is 16.3. The summed E-state index contributed by atoms with van der Waals surface area (Å²) in [6.07, 6.45) is 8.66. The number of rotatable bonds is 4. The molecule has 0 spiro atoms. The zero-order chi connectivity index (χ0) is 18.5. The number of amides is 2. The van der Waals surface area contributed by atoms with Crippen LogP contribution in [-0.4, -0.2) is 66.4 Å². The van der Waals surface area contributed by atoms with E-state index in [-0.39, 0.29) is 23.8 Å². The predicted molar refractivity (Wildman–Crippen MR) is 103 cm³/mol. The molecule has 4 atom stereocenters. The van der Waals surface area contributed by atoms with Gasteiger partial charge in [0, 0.05) is 44.2 Å². The van der Waals surface area contributed by atoms with E-state index in [1.807, 2.05) is 4.90 Å². The van der Waals surface area contributed by atoms with Gasteiger partial charge in [-0.15, -0.1) is 0 Å². The van der Waals surface area contributed by atoms with Crippen molar-refractivity contribution in [1.29, 1.82) is 0 Å². The van der Waals surface area contributed by atoms with Crippen molar-refractivity contribution in [3.05, 3.63) is 0 Å². The lowest BCUT2D eigenvalue weighted by Gasteiger charge is -2.37. The molecule has 6 heteroatoms. The summed E-state index contributed by atoms with van der Waals surface area (Å²) in [4.78, 5) is 29.2. The van der Waals surface area contributed by atoms with E-state index in [4.69, 9.17) is 5.73 Å². The van der Waals surface area contributed by atoms with Crippen molar-refractivity contribution in [2.45, 2.75) is 70.4 Å². The Kier molecular flexibility index (Phi) is 6.92. The van der Waals surface area contributed by atoms with Crippen molar-refractivity contribution < 1.29 is 9.59 Å². The van der Waals surface area contributed by atoms with Gasteiger partial charge in [-0.05, 0) is 38.0 Å². The fraction of sp³-hybridized carbons (Fsp3) is 0.900. The zero-order valence-electron chi connectivity index (χ0n) is 16.3. The summed E-state index contributed by atoms with van der Waals surface area (Å²) < 4.78 is 0. The molecular weight excluding hydrogens is 328 g/mol. The van der Waals surface area contributed by atoms with Crippen LogP contribution < -0.4 is 11.1 Å². The van der Waals surface area contributed by atoms with Crippen LogP contribution in [0.4, 0.5) is 0 Å². The van der Waals surface area contributed by atoms with Crippen molar-refractivity contribution >= 4 is 11.8 Å². The molecule has 2 amide bonds. The monoisotopic (exact) mass is 364 g/mol. The molecule has 0 bridgehead atoms. The van der Waals surface area contributed by atoms with Crippen LogP contribution in [0.1, 0.15) is 58.3 Å². The number of nitrogens with one attached hydrogen (secondary N) is 1. The molecule has 1 heterocycles. The molecule has 2 aliphatic carbocycles. The first-order valence-electron chi connectivity index (χ1n) is 10.6. The van der Waals surface area contributed by atoms with E-state index in [1.165, 1.54) is 12.8 Å². The maximum Gasteiger partial charge on any atom is 0.234 e. The van der Waals surface area contributed by atoms with Crippen molar-refractivity contribution in [3.8, 4) is 0 Å². The molecule has 3 aliphatic rings. The molecule has 4 unspecified atom stereocenters. The molecule has 2 saturated carbocycles. The van der Waals surface area contributed by atoms with Crippen LogP contribution in [0.3, 0.4) is 0 Å². The fourth-order valence-electron chi connectivity index (χ4n) is 4.88. The van der Waals surface area contributed by atoms with E-state index in [2.05, 4.69) is 17.1 Å². The summed E-state index contributed by atoms with van der Waals surface area (Å²) >= 11 is 0. The number of hydrogen-bond acceptors (Lipinski definition) is 4. The second-order valence-corrected chi connectivity index (χ2v) is 8.76. The minimum Gasteiger partial charge on any atom is -0.352 e. The Labute approximate surface area is 157 Å². The molecule has 0 aromatic heterocycles. The normalized spacial score (nSPS) is 33.7. The molecule has 1 saturated heterocycles. The van der Waals surface area contributed by atoms with Crippen LogP contribution in [-0.2, 0) is 9.59 Å². The second-order valence-electron chi connectivity index (χ2n) is 8.76. The molecule has 6 nitrogen and oxygen atoms in total. The van der Waals surface area contributed by atoms with E-state index in [1.54, 1.807) is 0 Å². The number of nitrogens with two attached hydrogens (primary N) is 1. The average molecular weight is 365 g/mol. The van der Waals surface area contributed by atoms with Gasteiger partial charge in [0.2, 0.25) is 11.8 Å². The lowest BCUT2D eigenvalue weighted by atomic mass is 9.85. The van der Waals surface area contributed by atoms with Crippen LogP contribution in [0.15, 0.2) is 0 Å². The largest absolute Gasteiger partial charge is 0.352 e.